The topological polar surface area (TPSA) is 235 Å². The molecule has 0 bridgehead atoms. The first-order chi connectivity index (χ1) is 26.9. The van der Waals surface area contributed by atoms with Gasteiger partial charge in [0.2, 0.25) is 25.9 Å². The predicted octanol–water partition coefficient (Wildman–Crippen LogP) is 6.88. The second kappa shape index (κ2) is 21.5. The molecule has 0 aromatic carbocycles. The molecule has 0 radical (unpaired) electrons. The summed E-state index contributed by atoms with van der Waals surface area (Å²) in [5, 5.41) is 18.9. The van der Waals surface area contributed by atoms with E-state index in [0.29, 0.717) is 30.9 Å². The summed E-state index contributed by atoms with van der Waals surface area (Å²) >= 11 is 5.42. The Morgan fingerprint density at radius 2 is 1.17 bits per heavy atom. The number of ether oxygens (including phenoxy) is 3. The van der Waals surface area contributed by atoms with Crippen molar-refractivity contribution in [2.24, 2.45) is 22.1 Å². The van der Waals surface area contributed by atoms with Crippen molar-refractivity contribution in [3.8, 4) is 5.88 Å². The van der Waals surface area contributed by atoms with Gasteiger partial charge in [0.25, 0.3) is 0 Å². The fourth-order valence-electron chi connectivity index (χ4n) is 6.84. The smallest absolute Gasteiger partial charge is 0.410 e. The van der Waals surface area contributed by atoms with E-state index in [2.05, 4.69) is 37.7 Å². The van der Waals surface area contributed by atoms with E-state index < -0.39 is 31.2 Å². The van der Waals surface area contributed by atoms with Crippen LogP contribution in [0.15, 0.2) is 46.5 Å². The summed E-state index contributed by atoms with van der Waals surface area (Å²) in [4.78, 5) is 35.8. The number of rotatable bonds is 12. The van der Waals surface area contributed by atoms with E-state index in [0.717, 1.165) is 64.1 Å². The molecule has 0 aliphatic carbocycles. The van der Waals surface area contributed by atoms with Crippen LogP contribution in [-0.4, -0.2) is 102 Å². The van der Waals surface area contributed by atoms with Gasteiger partial charge in [-0.3, -0.25) is 0 Å². The van der Waals surface area contributed by atoms with Crippen molar-refractivity contribution >= 4 is 43.8 Å². The van der Waals surface area contributed by atoms with E-state index >= 15 is 0 Å². The molecule has 0 saturated carbocycles. The Hall–Kier alpha value is -3.29. The maximum absolute atomic E-state index is 12.5. The molecule has 2 aliphatic heterocycles. The van der Waals surface area contributed by atoms with Gasteiger partial charge in [-0.05, 0) is 144 Å². The van der Waals surface area contributed by atoms with Gasteiger partial charge in [-0.15, -0.1) is 0 Å². The van der Waals surface area contributed by atoms with Gasteiger partial charge in [0.15, 0.2) is 0 Å². The number of likely N-dealkylation sites (tertiary alicyclic amines) is 2. The van der Waals surface area contributed by atoms with Crippen LogP contribution >= 0.6 is 11.6 Å². The molecular formula is C40H67ClN6O10S2. The number of pyridine rings is 2. The third kappa shape index (κ3) is 18.9. The first-order valence-electron chi connectivity index (χ1n) is 19.8. The van der Waals surface area contributed by atoms with E-state index in [1.54, 1.807) is 0 Å². The van der Waals surface area contributed by atoms with Gasteiger partial charge >= 0.3 is 12.2 Å². The van der Waals surface area contributed by atoms with Gasteiger partial charge in [0, 0.05) is 43.0 Å². The van der Waals surface area contributed by atoms with Crippen molar-refractivity contribution in [2.45, 2.75) is 153 Å². The Morgan fingerprint density at radius 3 is 1.53 bits per heavy atom. The summed E-state index contributed by atoms with van der Waals surface area (Å²) in [6.07, 6.45) is 9.58. The molecule has 4 rings (SSSR count). The van der Waals surface area contributed by atoms with Crippen LogP contribution in [0.2, 0.25) is 5.15 Å². The number of aromatic nitrogens is 2. The number of nitrogens with two attached hydrogens (primary N) is 2. The van der Waals surface area contributed by atoms with E-state index in [1.807, 2.05) is 51.3 Å². The van der Waals surface area contributed by atoms with Crippen molar-refractivity contribution in [3.05, 3.63) is 41.8 Å². The highest BCUT2D eigenvalue weighted by Crippen LogP contribution is 2.37. The zero-order valence-corrected chi connectivity index (χ0v) is 38.8. The second-order valence-corrected chi connectivity index (χ2v) is 21.8. The molecule has 336 valence electrons. The number of carbonyl (C=O) groups excluding carboxylic acids is 2. The first-order valence-corrected chi connectivity index (χ1v) is 23.3. The number of sulfonamides is 2. The molecule has 2 amide bonds. The van der Waals surface area contributed by atoms with Gasteiger partial charge in [0.05, 0.1) is 12.8 Å². The second-order valence-electron chi connectivity index (χ2n) is 18.2. The van der Waals surface area contributed by atoms with Gasteiger partial charge < -0.3 is 29.1 Å². The number of nitrogens with zero attached hydrogens (tertiary/aromatic N) is 4. The average Bonchev–Trinajstić information content (AvgIpc) is 3.56. The molecule has 2 fully saturated rings. The predicted molar refractivity (Wildman–Crippen MR) is 227 cm³/mol. The fraction of sp³-hybridized carbons (Fsp3) is 0.700. The number of aliphatic hydroxyl groups is 1. The first kappa shape index (κ1) is 51.8. The summed E-state index contributed by atoms with van der Waals surface area (Å²) in [5.74, 6) is 1.33. The highest BCUT2D eigenvalue weighted by Gasteiger charge is 2.43. The molecule has 16 nitrogen and oxygen atoms in total. The minimum absolute atomic E-state index is 0.0387. The number of carbonyl (C=O) groups is 2. The lowest BCUT2D eigenvalue weighted by molar-refractivity contribution is 0.0118. The molecule has 2 aromatic heterocycles. The van der Waals surface area contributed by atoms with E-state index in [4.69, 9.17) is 41.2 Å². The number of primary sulfonamides is 2. The van der Waals surface area contributed by atoms with Crippen molar-refractivity contribution in [2.75, 3.05) is 26.3 Å². The molecular weight excluding hydrogens is 824 g/mol. The van der Waals surface area contributed by atoms with Gasteiger partial charge in [-0.25, -0.2) is 46.7 Å². The summed E-state index contributed by atoms with van der Waals surface area (Å²) in [7, 11) is -7.38. The molecule has 2 aliphatic rings. The Bertz CT molecular complexity index is 1870. The summed E-state index contributed by atoms with van der Waals surface area (Å²) in [6, 6.07) is 5.54. The summed E-state index contributed by atoms with van der Waals surface area (Å²) in [6.45, 7) is 21.9. The largest absolute Gasteiger partial charge is 0.478 e. The van der Waals surface area contributed by atoms with Crippen LogP contribution in [-0.2, 0) is 29.5 Å². The van der Waals surface area contributed by atoms with Crippen molar-refractivity contribution in [1.82, 2.24) is 19.8 Å². The Labute approximate surface area is 356 Å². The fourth-order valence-corrected chi connectivity index (χ4v) is 7.87. The van der Waals surface area contributed by atoms with Crippen LogP contribution in [0.5, 0.6) is 5.88 Å². The lowest BCUT2D eigenvalue weighted by Crippen LogP contribution is -2.45. The molecule has 4 heterocycles. The maximum atomic E-state index is 12.5. The molecule has 2 atom stereocenters. The third-order valence-electron chi connectivity index (χ3n) is 9.49. The number of hydrogen-bond donors (Lipinski definition) is 3. The minimum Gasteiger partial charge on any atom is -0.478 e. The number of unbranched alkanes of at least 4 members (excludes halogenated alkanes) is 2. The van der Waals surface area contributed by atoms with Gasteiger partial charge in [0.1, 0.15) is 26.1 Å². The standard InChI is InChI=1S/C20H33N3O5S.C15H29NO3.C5H5ClN2O2S/c1-19(2,3)28-18(24)23-14-15(12-20(23,4)5)8-6-7-11-27-17-10-9-16(13-22-17)29(21,25)26;1-14(2,3)19-13(18)16-11-12(8-6-7-9-17)10-15(16,4)5;6-5-2-1-4(3-8-5)11(7,9)10/h9-10,13,15H,6-8,11-12,14H2,1-5H3,(H2,21,25,26);12,17H,6-11H2,1-5H3;1-3H,(H2,7,9,10). The zero-order valence-electron chi connectivity index (χ0n) is 36.4. The number of halogens is 1. The SMILES string of the molecule is CC(C)(C)OC(=O)N1CC(CCCCO)CC1(C)C.CC(C)(C)OC(=O)N1CC(CCCCOc2ccc(S(N)(=O)=O)cn2)CC1(C)C.NS(=O)(=O)c1ccc(Cl)nc1. The maximum Gasteiger partial charge on any atom is 0.410 e. The number of amides is 2. The Kier molecular flexibility index (Phi) is 18.9. The molecule has 0 spiro atoms. The van der Waals surface area contributed by atoms with Crippen molar-refractivity contribution in [1.29, 1.82) is 0 Å². The quantitative estimate of drug-likeness (QED) is 0.146. The van der Waals surface area contributed by atoms with Crippen LogP contribution in [0, 0.1) is 11.8 Å². The van der Waals surface area contributed by atoms with Crippen LogP contribution < -0.4 is 15.0 Å². The molecule has 59 heavy (non-hydrogen) atoms. The molecule has 2 saturated heterocycles. The highest BCUT2D eigenvalue weighted by molar-refractivity contribution is 7.89. The number of hydrogen-bond acceptors (Lipinski definition) is 12. The van der Waals surface area contributed by atoms with Gasteiger partial charge in [-0.2, -0.15) is 0 Å². The van der Waals surface area contributed by atoms with E-state index in [9.17, 15) is 26.4 Å². The zero-order chi connectivity index (χ0) is 45.0. The average molecular weight is 892 g/mol. The van der Waals surface area contributed by atoms with E-state index in [1.165, 1.54) is 30.5 Å². The monoisotopic (exact) mass is 890 g/mol. The van der Waals surface area contributed by atoms with Crippen molar-refractivity contribution in [3.63, 3.8) is 0 Å². The lowest BCUT2D eigenvalue weighted by atomic mass is 9.93. The van der Waals surface area contributed by atoms with Crippen LogP contribution in [0.3, 0.4) is 0 Å². The number of aliphatic hydroxyl groups excluding tert-OH is 1. The Balaban J connectivity index is 0.000000341. The molecule has 2 aromatic rings. The summed E-state index contributed by atoms with van der Waals surface area (Å²) < 4.78 is 60.3. The van der Waals surface area contributed by atoms with E-state index in [-0.39, 0.29) is 44.8 Å². The van der Waals surface area contributed by atoms with Crippen LogP contribution in [0.1, 0.15) is 121 Å². The third-order valence-corrected chi connectivity index (χ3v) is 11.5. The highest BCUT2D eigenvalue weighted by atomic mass is 35.5. The van der Waals surface area contributed by atoms with Crippen molar-refractivity contribution < 1.29 is 45.7 Å². The molecule has 2 unspecified atom stereocenters. The summed E-state index contributed by atoms with van der Waals surface area (Å²) in [5.41, 5.74) is -1.28. The minimum atomic E-state index is -3.74. The Morgan fingerprint density at radius 1 is 0.746 bits per heavy atom. The lowest BCUT2D eigenvalue weighted by Gasteiger charge is -2.33. The molecule has 19 heteroatoms. The van der Waals surface area contributed by atoms with Crippen LogP contribution in [0.4, 0.5) is 9.59 Å². The van der Waals surface area contributed by atoms with Crippen LogP contribution in [0.25, 0.3) is 0 Å². The molecule has 5 N–H and O–H groups in total. The van der Waals surface area contributed by atoms with Gasteiger partial charge in [-0.1, -0.05) is 18.0 Å². The normalized spacial score (nSPS) is 18.9.